The first-order valence-corrected chi connectivity index (χ1v) is 24.7. The van der Waals surface area contributed by atoms with Gasteiger partial charge in [0.1, 0.15) is 171 Å². The maximum Gasteiger partial charge on any atom is 0.187 e. The molecule has 7 fully saturated rings. The van der Waals surface area contributed by atoms with Crippen molar-refractivity contribution in [2.45, 2.75) is 215 Å². The Kier molecular flexibility index (Phi) is 24.1. The molecule has 0 spiro atoms. The minimum Gasteiger partial charge on any atom is -0.412 e. The molecule has 7 rings (SSSR count). The van der Waals surface area contributed by atoms with Crippen LogP contribution in [-0.4, -0.2) is 384 Å². The van der Waals surface area contributed by atoms with Crippen LogP contribution in [-0.2, 0) is 61.6 Å². The van der Waals surface area contributed by atoms with E-state index >= 15 is 0 Å². The Morgan fingerprint density at radius 2 is 0.380 bits per heavy atom. The Morgan fingerprint density at radius 1 is 0.203 bits per heavy atom. The van der Waals surface area contributed by atoms with E-state index in [1.165, 1.54) is 0 Å². The van der Waals surface area contributed by atoms with Crippen LogP contribution >= 0.6 is 0 Å². The third-order valence-electron chi connectivity index (χ3n) is 14.5. The van der Waals surface area contributed by atoms with E-state index in [0.29, 0.717) is 0 Å². The van der Waals surface area contributed by atoms with Crippen LogP contribution in [0.15, 0.2) is 0 Å². The van der Waals surface area contributed by atoms with Gasteiger partial charge in [-0.3, -0.25) is 0 Å². The maximum atomic E-state index is 11.3. The molecule has 0 saturated carbocycles. The summed E-state index contributed by atoms with van der Waals surface area (Å²) in [4.78, 5) is 0. The fourth-order valence-electron chi connectivity index (χ4n) is 10.0. The number of ether oxygens (including phenoxy) is 13. The van der Waals surface area contributed by atoms with Crippen LogP contribution in [0.5, 0.6) is 0 Å². The van der Waals surface area contributed by atoms with Gasteiger partial charge in [0.05, 0.1) is 46.2 Å². The normalized spacial score (nSPS) is 52.8. The largest absolute Gasteiger partial charge is 0.412 e. The lowest BCUT2D eigenvalue weighted by Gasteiger charge is -2.50. The average Bonchev–Trinajstić information content (AvgIpc) is 3.45. The van der Waals surface area contributed by atoms with Crippen LogP contribution in [0.3, 0.4) is 0 Å². The highest BCUT2D eigenvalue weighted by Crippen LogP contribution is 2.37. The molecule has 37 nitrogen and oxygen atoms in total. The molecule has 7 aliphatic rings. The minimum atomic E-state index is -2.23. The van der Waals surface area contributed by atoms with Gasteiger partial charge in [0.2, 0.25) is 0 Å². The molecular formula is C42H74O37. The van der Waals surface area contributed by atoms with E-state index in [0.717, 1.165) is 0 Å². The topological polar surface area (TPSA) is 617 Å². The van der Waals surface area contributed by atoms with E-state index in [1.807, 2.05) is 0 Å². The zero-order valence-corrected chi connectivity index (χ0v) is 41.3. The van der Waals surface area contributed by atoms with Gasteiger partial charge >= 0.3 is 0 Å². The van der Waals surface area contributed by atoms with Crippen molar-refractivity contribution >= 4 is 0 Å². The Morgan fingerprint density at radius 3 is 0.595 bits per heavy atom. The molecule has 0 aromatic carbocycles. The van der Waals surface area contributed by atoms with Gasteiger partial charge < -0.3 is 185 Å². The monoisotopic (exact) mass is 1170 g/mol. The maximum absolute atomic E-state index is 11.3. The van der Waals surface area contributed by atoms with Crippen molar-refractivity contribution in [3.05, 3.63) is 0 Å². The van der Waals surface area contributed by atoms with Crippen LogP contribution in [0.25, 0.3) is 0 Å². The van der Waals surface area contributed by atoms with Crippen LogP contribution in [0, 0.1) is 0 Å². The van der Waals surface area contributed by atoms with Crippen LogP contribution in [0.1, 0.15) is 0 Å². The SMILES string of the molecule is O.OC[C@H]1O[C@H](O[C@H]2[C@H](O)[C@@H](O)[C@@H](O[C@H]3[C@H](O)[C@@H](O)[C@@H](O[C@H]4[C@H](O)[C@@H](O)[C@@H](O[C@H]5[C@H](O)[C@@H](O)[C@@H](O[C@H]6[C@H](O)[C@@H](O)[C@@H](O[C@H]7[C@H](O)[C@@H](O)C(O)O[C@@H]7CO)O[C@@H]6CO)O[C@@H]5CO)O[C@@H]4CO)O[C@@H]3CO)O[C@@H]2CO)[C@H](O)[C@@H](O)[C@@H]1O. The molecule has 37 heteroatoms. The van der Waals surface area contributed by atoms with Gasteiger partial charge in [-0.15, -0.1) is 0 Å². The smallest absolute Gasteiger partial charge is 0.187 e. The third kappa shape index (κ3) is 13.6. The first-order valence-electron chi connectivity index (χ1n) is 24.7. The summed E-state index contributed by atoms with van der Waals surface area (Å²) >= 11 is 0. The van der Waals surface area contributed by atoms with E-state index in [2.05, 4.69) is 0 Å². The summed E-state index contributed by atoms with van der Waals surface area (Å²) in [6.07, 6.45) is -67.4. The number of rotatable bonds is 19. The Hall–Kier alpha value is -1.48. The Balaban J connectivity index is 0.0000101. The second kappa shape index (κ2) is 28.6. The molecule has 0 bridgehead atoms. The zero-order chi connectivity index (χ0) is 57.3. The summed E-state index contributed by atoms with van der Waals surface area (Å²) in [5.41, 5.74) is 0. The molecule has 7 aliphatic heterocycles. The quantitative estimate of drug-likeness (QED) is 0.0571. The van der Waals surface area contributed by atoms with Crippen LogP contribution in [0.4, 0.5) is 0 Å². The van der Waals surface area contributed by atoms with Crippen molar-refractivity contribution in [1.29, 1.82) is 0 Å². The zero-order valence-electron chi connectivity index (χ0n) is 41.3. The number of aliphatic hydroxyl groups excluding tert-OH is 23. The van der Waals surface area contributed by atoms with Crippen molar-refractivity contribution in [1.82, 2.24) is 0 Å². The predicted octanol–water partition coefficient (Wildman–Crippen LogP) is -17.1. The first-order chi connectivity index (χ1) is 37.0. The Labute approximate surface area is 445 Å². The molecule has 0 amide bonds. The standard InChI is InChI=1S/C42H72O36.H2O/c43-1-8-15(50)16(51)24(59)37(67-8)74-31-10(3-45)69-39(26(61)18(31)53)76-33-12(5-47)71-41(28(63)20(33)55)78-35-14(7-49)72-42(29(64)22(35)57)77-34-13(6-48)70-40(27(62)21(34)56)75-32-11(4-46)68-38(25(60)19(32)54)73-30-9(2-44)66-36(65)23(58)17(30)52;/h8-65H,1-7H2;1H2/t8-,9-,10-,11-,12-,13-,14-,15-,16+,17-,18-,19-,20-,21-,22-,23-,24-,25-,26-,27-,28-,29-,30-,31-,32-,33-,34-,35-,36?,37-,38-,39-,40-,41-,42-;/m1./s1. The van der Waals surface area contributed by atoms with Crippen LogP contribution in [0.2, 0.25) is 0 Å². The summed E-state index contributed by atoms with van der Waals surface area (Å²) in [5, 5.41) is 243. The molecule has 7 saturated heterocycles. The minimum absolute atomic E-state index is 0. The molecule has 0 aromatic rings. The van der Waals surface area contributed by atoms with Crippen molar-refractivity contribution < 1.29 is 185 Å². The van der Waals surface area contributed by atoms with E-state index in [-0.39, 0.29) is 5.48 Å². The molecule has 1 unspecified atom stereocenters. The second-order valence-corrected chi connectivity index (χ2v) is 19.6. The molecule has 464 valence electrons. The van der Waals surface area contributed by atoms with E-state index in [4.69, 9.17) is 61.6 Å². The molecule has 0 aromatic heterocycles. The second-order valence-electron chi connectivity index (χ2n) is 19.6. The molecular weight excluding hydrogens is 1100 g/mol. The fourth-order valence-corrected chi connectivity index (χ4v) is 10.0. The summed E-state index contributed by atoms with van der Waals surface area (Å²) < 4.78 is 71.9. The van der Waals surface area contributed by atoms with E-state index in [1.54, 1.807) is 0 Å². The molecule has 0 aliphatic carbocycles. The van der Waals surface area contributed by atoms with Gasteiger partial charge in [-0.25, -0.2) is 0 Å². The number of aliphatic hydroxyl groups is 23. The number of hydrogen-bond acceptors (Lipinski definition) is 36. The lowest BCUT2D eigenvalue weighted by Crippen LogP contribution is -2.68. The molecule has 0 radical (unpaired) electrons. The van der Waals surface area contributed by atoms with Gasteiger partial charge in [0.15, 0.2) is 44.0 Å². The van der Waals surface area contributed by atoms with Gasteiger partial charge in [-0.2, -0.15) is 0 Å². The lowest BCUT2D eigenvalue weighted by atomic mass is 9.95. The van der Waals surface area contributed by atoms with Gasteiger partial charge in [0, 0.05) is 0 Å². The van der Waals surface area contributed by atoms with Crippen molar-refractivity contribution in [3.63, 3.8) is 0 Å². The fraction of sp³-hybridized carbons (Fsp3) is 1.00. The molecule has 7 heterocycles. The average molecular weight is 1170 g/mol. The molecule has 79 heavy (non-hydrogen) atoms. The van der Waals surface area contributed by atoms with Crippen molar-refractivity contribution in [2.24, 2.45) is 0 Å². The lowest BCUT2D eigenvalue weighted by molar-refractivity contribution is -0.398. The number of hydrogen-bond donors (Lipinski definition) is 23. The van der Waals surface area contributed by atoms with Gasteiger partial charge in [-0.1, -0.05) is 0 Å². The molecule has 35 atom stereocenters. The highest BCUT2D eigenvalue weighted by atomic mass is 16.8. The van der Waals surface area contributed by atoms with Gasteiger partial charge in [-0.05, 0) is 0 Å². The molecule has 25 N–H and O–H groups in total. The van der Waals surface area contributed by atoms with E-state index in [9.17, 15) is 117 Å². The van der Waals surface area contributed by atoms with Crippen molar-refractivity contribution in [2.75, 3.05) is 46.2 Å². The highest BCUT2D eigenvalue weighted by Gasteiger charge is 2.58. The summed E-state index contributed by atoms with van der Waals surface area (Å²) in [7, 11) is 0. The third-order valence-corrected chi connectivity index (χ3v) is 14.5. The van der Waals surface area contributed by atoms with Crippen LogP contribution < -0.4 is 0 Å². The summed E-state index contributed by atoms with van der Waals surface area (Å²) in [5.74, 6) is 0. The highest BCUT2D eigenvalue weighted by molar-refractivity contribution is 5.01. The van der Waals surface area contributed by atoms with E-state index < -0.39 is 261 Å². The summed E-state index contributed by atoms with van der Waals surface area (Å²) in [6.45, 7) is -6.86. The van der Waals surface area contributed by atoms with Gasteiger partial charge in [0.25, 0.3) is 0 Å². The summed E-state index contributed by atoms with van der Waals surface area (Å²) in [6, 6.07) is 0. The van der Waals surface area contributed by atoms with Crippen molar-refractivity contribution in [3.8, 4) is 0 Å². The predicted molar refractivity (Wildman–Crippen MR) is 235 cm³/mol. The Bertz CT molecular complexity index is 1810. The first kappa shape index (κ1) is 66.7.